The van der Waals surface area contributed by atoms with Crippen LogP contribution in [0.15, 0.2) is 28.7 Å². The summed E-state index contributed by atoms with van der Waals surface area (Å²) in [5.74, 6) is -0.332. The van der Waals surface area contributed by atoms with Crippen LogP contribution >= 0.6 is 15.9 Å². The van der Waals surface area contributed by atoms with Gasteiger partial charge in [0.05, 0.1) is 19.1 Å². The number of carbonyl (C=O) groups is 2. The lowest BCUT2D eigenvalue weighted by Gasteiger charge is -2.30. The van der Waals surface area contributed by atoms with E-state index in [2.05, 4.69) is 21.2 Å². The summed E-state index contributed by atoms with van der Waals surface area (Å²) in [7, 11) is 0. The lowest BCUT2D eigenvalue weighted by atomic mass is 9.98. The molecular weight excluding hydrogens is 348 g/mol. The number of anilines is 1. The molecule has 1 fully saturated rings. The first-order valence-corrected chi connectivity index (χ1v) is 8.32. The maximum atomic E-state index is 12.1. The quantitative estimate of drug-likeness (QED) is 0.811. The number of hydrogen-bond donors (Lipinski definition) is 1. The Balaban J connectivity index is 1.83. The monoisotopic (exact) mass is 368 g/mol. The molecule has 1 saturated heterocycles. The molecule has 1 aliphatic heterocycles. The van der Waals surface area contributed by atoms with Crippen LogP contribution in [0.3, 0.4) is 0 Å². The zero-order chi connectivity index (χ0) is 15.9. The highest BCUT2D eigenvalue weighted by molar-refractivity contribution is 9.10. The minimum atomic E-state index is -0.152. The molecule has 0 aromatic heterocycles. The van der Waals surface area contributed by atoms with Crippen molar-refractivity contribution in [3.8, 4) is 0 Å². The number of nitrogens with zero attached hydrogens (tertiary/aromatic N) is 1. The van der Waals surface area contributed by atoms with Gasteiger partial charge in [0.25, 0.3) is 0 Å². The van der Waals surface area contributed by atoms with E-state index in [9.17, 15) is 9.59 Å². The van der Waals surface area contributed by atoms with Crippen LogP contribution < -0.4 is 5.32 Å². The van der Waals surface area contributed by atoms with Crippen molar-refractivity contribution in [1.29, 1.82) is 0 Å². The summed E-state index contributed by atoms with van der Waals surface area (Å²) in [6, 6.07) is 7.46. The Hall–Kier alpha value is -1.40. The van der Waals surface area contributed by atoms with Crippen LogP contribution in [0.1, 0.15) is 19.8 Å². The second-order valence-electron chi connectivity index (χ2n) is 5.38. The van der Waals surface area contributed by atoms with Crippen LogP contribution in [0, 0.1) is 5.92 Å². The Labute approximate surface area is 139 Å². The summed E-state index contributed by atoms with van der Waals surface area (Å²) in [5, 5.41) is 2.87. The van der Waals surface area contributed by atoms with Gasteiger partial charge in [0, 0.05) is 16.7 Å². The summed E-state index contributed by atoms with van der Waals surface area (Å²) in [5.41, 5.74) is 0.771. The van der Waals surface area contributed by atoms with Crippen molar-refractivity contribution in [2.75, 3.05) is 31.6 Å². The topological polar surface area (TPSA) is 58.6 Å². The Morgan fingerprint density at radius 2 is 2.09 bits per heavy atom. The van der Waals surface area contributed by atoms with Crippen LogP contribution in [0.2, 0.25) is 0 Å². The zero-order valence-electron chi connectivity index (χ0n) is 12.7. The molecule has 0 saturated carbocycles. The third-order valence-electron chi connectivity index (χ3n) is 3.62. The lowest BCUT2D eigenvalue weighted by Crippen LogP contribution is -2.43. The molecule has 1 amide bonds. The lowest BCUT2D eigenvalue weighted by molar-refractivity contribution is -0.150. The SMILES string of the molecule is CCOC(=O)C1CCCN(CC(=O)Nc2ccc(Br)cc2)C1. The fourth-order valence-electron chi connectivity index (χ4n) is 2.59. The Morgan fingerprint density at radius 3 is 2.77 bits per heavy atom. The molecule has 1 unspecified atom stereocenters. The zero-order valence-corrected chi connectivity index (χ0v) is 14.3. The first kappa shape index (κ1) is 17.0. The van der Waals surface area contributed by atoms with Gasteiger partial charge in [0.15, 0.2) is 0 Å². The molecule has 120 valence electrons. The van der Waals surface area contributed by atoms with Crippen LogP contribution in [-0.2, 0) is 14.3 Å². The van der Waals surface area contributed by atoms with Crippen LogP contribution in [0.5, 0.6) is 0 Å². The predicted octanol–water partition coefficient (Wildman–Crippen LogP) is 2.66. The van der Waals surface area contributed by atoms with Crippen LogP contribution in [-0.4, -0.2) is 43.0 Å². The van der Waals surface area contributed by atoms with Gasteiger partial charge in [-0.2, -0.15) is 0 Å². The van der Waals surface area contributed by atoms with Crippen molar-refractivity contribution >= 4 is 33.5 Å². The average molecular weight is 369 g/mol. The van der Waals surface area contributed by atoms with Crippen LogP contribution in [0.4, 0.5) is 5.69 Å². The summed E-state index contributed by atoms with van der Waals surface area (Å²) in [4.78, 5) is 25.9. The minimum absolute atomic E-state index is 0.0631. The summed E-state index contributed by atoms with van der Waals surface area (Å²) >= 11 is 3.36. The van der Waals surface area contributed by atoms with E-state index in [-0.39, 0.29) is 17.8 Å². The van der Waals surface area contributed by atoms with E-state index in [4.69, 9.17) is 4.74 Å². The van der Waals surface area contributed by atoms with Crippen molar-refractivity contribution in [2.45, 2.75) is 19.8 Å². The molecule has 0 spiro atoms. The fourth-order valence-corrected chi connectivity index (χ4v) is 2.85. The van der Waals surface area contributed by atoms with E-state index in [1.54, 1.807) is 0 Å². The molecule has 1 aromatic rings. The molecule has 1 heterocycles. The third-order valence-corrected chi connectivity index (χ3v) is 4.15. The molecule has 1 N–H and O–H groups in total. The average Bonchev–Trinajstić information content (AvgIpc) is 2.50. The highest BCUT2D eigenvalue weighted by atomic mass is 79.9. The van der Waals surface area contributed by atoms with Gasteiger partial charge in [-0.1, -0.05) is 15.9 Å². The van der Waals surface area contributed by atoms with Crippen LogP contribution in [0.25, 0.3) is 0 Å². The number of rotatable bonds is 5. The molecular formula is C16H21BrN2O3. The number of amides is 1. The van der Waals surface area contributed by atoms with E-state index in [1.807, 2.05) is 36.1 Å². The normalized spacial score (nSPS) is 18.7. The van der Waals surface area contributed by atoms with Crippen molar-refractivity contribution in [2.24, 2.45) is 5.92 Å². The number of ether oxygens (including phenoxy) is 1. The first-order chi connectivity index (χ1) is 10.6. The second kappa shape index (κ2) is 8.29. The van der Waals surface area contributed by atoms with Gasteiger partial charge in [-0.05, 0) is 50.6 Å². The Kier molecular flexibility index (Phi) is 6.39. The van der Waals surface area contributed by atoms with E-state index >= 15 is 0 Å². The molecule has 5 nitrogen and oxygen atoms in total. The number of esters is 1. The fraction of sp³-hybridized carbons (Fsp3) is 0.500. The highest BCUT2D eigenvalue weighted by Crippen LogP contribution is 2.18. The third kappa shape index (κ3) is 5.10. The number of piperidine rings is 1. The van der Waals surface area contributed by atoms with Crippen molar-refractivity contribution < 1.29 is 14.3 Å². The van der Waals surface area contributed by atoms with E-state index in [0.29, 0.717) is 19.7 Å². The smallest absolute Gasteiger partial charge is 0.310 e. The molecule has 22 heavy (non-hydrogen) atoms. The number of benzene rings is 1. The second-order valence-corrected chi connectivity index (χ2v) is 6.30. The van der Waals surface area contributed by atoms with E-state index in [0.717, 1.165) is 29.5 Å². The Morgan fingerprint density at radius 1 is 1.36 bits per heavy atom. The van der Waals surface area contributed by atoms with Crippen molar-refractivity contribution in [3.63, 3.8) is 0 Å². The minimum Gasteiger partial charge on any atom is -0.466 e. The Bertz CT molecular complexity index is 519. The number of nitrogens with one attached hydrogen (secondary N) is 1. The molecule has 2 rings (SSSR count). The van der Waals surface area contributed by atoms with Gasteiger partial charge < -0.3 is 10.1 Å². The number of likely N-dealkylation sites (tertiary alicyclic amines) is 1. The molecule has 1 aliphatic rings. The van der Waals surface area contributed by atoms with Gasteiger partial charge in [-0.3, -0.25) is 14.5 Å². The largest absolute Gasteiger partial charge is 0.466 e. The number of halogens is 1. The summed E-state index contributed by atoms with van der Waals surface area (Å²) in [6.45, 7) is 3.94. The van der Waals surface area contributed by atoms with Gasteiger partial charge in [0.1, 0.15) is 0 Å². The summed E-state index contributed by atoms with van der Waals surface area (Å²) < 4.78 is 6.04. The maximum absolute atomic E-state index is 12.1. The van der Waals surface area contributed by atoms with Crippen molar-refractivity contribution in [3.05, 3.63) is 28.7 Å². The maximum Gasteiger partial charge on any atom is 0.310 e. The van der Waals surface area contributed by atoms with Gasteiger partial charge in [0.2, 0.25) is 5.91 Å². The van der Waals surface area contributed by atoms with E-state index in [1.165, 1.54) is 0 Å². The number of hydrogen-bond acceptors (Lipinski definition) is 4. The first-order valence-electron chi connectivity index (χ1n) is 7.53. The molecule has 0 aliphatic carbocycles. The number of carbonyl (C=O) groups excluding carboxylic acids is 2. The molecule has 1 atom stereocenters. The molecule has 6 heteroatoms. The van der Waals surface area contributed by atoms with Gasteiger partial charge >= 0.3 is 5.97 Å². The predicted molar refractivity (Wildman–Crippen MR) is 88.6 cm³/mol. The molecule has 0 radical (unpaired) electrons. The van der Waals surface area contributed by atoms with E-state index < -0.39 is 0 Å². The van der Waals surface area contributed by atoms with Gasteiger partial charge in [-0.25, -0.2) is 0 Å². The van der Waals surface area contributed by atoms with Crippen molar-refractivity contribution in [1.82, 2.24) is 4.90 Å². The molecule has 0 bridgehead atoms. The standard InChI is InChI=1S/C16H21BrN2O3/c1-2-22-16(21)12-4-3-9-19(10-12)11-15(20)18-14-7-5-13(17)6-8-14/h5-8,12H,2-4,9-11H2,1H3,(H,18,20). The summed E-state index contributed by atoms with van der Waals surface area (Å²) in [6.07, 6.45) is 1.75. The van der Waals surface area contributed by atoms with Gasteiger partial charge in [-0.15, -0.1) is 0 Å². The molecule has 1 aromatic carbocycles. The highest BCUT2D eigenvalue weighted by Gasteiger charge is 2.27.